The lowest BCUT2D eigenvalue weighted by Crippen LogP contribution is -2.36. The number of hydrogen-bond acceptors (Lipinski definition) is 5. The Balaban J connectivity index is 1.28. The lowest BCUT2D eigenvalue weighted by atomic mass is 9.85. The van der Waals surface area contributed by atoms with Crippen LogP contribution >= 0.6 is 0 Å². The highest BCUT2D eigenvalue weighted by Gasteiger charge is 2.23. The third-order valence-corrected chi connectivity index (χ3v) is 6.72. The number of para-hydroxylation sites is 2. The van der Waals surface area contributed by atoms with Crippen molar-refractivity contribution in [1.29, 1.82) is 0 Å². The van der Waals surface area contributed by atoms with E-state index in [1.54, 1.807) is 0 Å². The maximum absolute atomic E-state index is 12.6. The molecule has 3 N–H and O–H groups in total. The molecule has 1 aliphatic carbocycles. The second kappa shape index (κ2) is 10.5. The van der Waals surface area contributed by atoms with E-state index in [9.17, 15) is 4.79 Å². The van der Waals surface area contributed by atoms with Gasteiger partial charge < -0.3 is 20.9 Å². The van der Waals surface area contributed by atoms with E-state index in [2.05, 4.69) is 48.9 Å². The minimum atomic E-state index is -0.136. The van der Waals surface area contributed by atoms with Crippen molar-refractivity contribution in [3.05, 3.63) is 54.1 Å². The van der Waals surface area contributed by atoms with E-state index in [0.717, 1.165) is 53.7 Å². The molecular formula is C28H38N6O. The van der Waals surface area contributed by atoms with Gasteiger partial charge in [0.15, 0.2) is 0 Å². The molecule has 3 aromatic rings. The van der Waals surface area contributed by atoms with Crippen LogP contribution in [-0.4, -0.2) is 42.7 Å². The number of carbonyl (C=O) groups is 1. The Labute approximate surface area is 208 Å². The SMILES string of the molecule is CN(C)c1nc(N[C@H]2CC[C@@H](CNC(=O)Nc3ccccc3C(C)(C)C)CC2)nc2ccccc12. The third-order valence-electron chi connectivity index (χ3n) is 6.72. The van der Waals surface area contributed by atoms with Crippen LogP contribution in [0.1, 0.15) is 52.0 Å². The molecule has 1 fully saturated rings. The molecule has 0 spiro atoms. The van der Waals surface area contributed by atoms with Crippen LogP contribution in [0.5, 0.6) is 0 Å². The predicted octanol–water partition coefficient (Wildman–Crippen LogP) is 5.79. The number of fused-ring (bicyclic) bond motifs is 1. The highest BCUT2D eigenvalue weighted by atomic mass is 16.2. The largest absolute Gasteiger partial charge is 0.362 e. The number of rotatable bonds is 6. The van der Waals surface area contributed by atoms with E-state index >= 15 is 0 Å². The number of nitrogens with one attached hydrogen (secondary N) is 3. The standard InChI is InChI=1S/C28H38N6O/c1-28(2,3)22-11-7-9-13-24(22)32-27(35)29-18-19-14-16-20(17-15-19)30-26-31-23-12-8-6-10-21(23)25(33-26)34(4)5/h6-13,19-20H,14-18H2,1-5H3,(H2,29,32,35)(H,30,31,33)/t19-,20+. The van der Waals surface area contributed by atoms with Crippen molar-refractivity contribution in [2.45, 2.75) is 57.9 Å². The fraction of sp³-hybridized carbons (Fsp3) is 0.464. The number of carbonyl (C=O) groups excluding carboxylic acids is 1. The van der Waals surface area contributed by atoms with Crippen LogP contribution < -0.4 is 20.9 Å². The maximum Gasteiger partial charge on any atom is 0.319 e. The summed E-state index contributed by atoms with van der Waals surface area (Å²) in [4.78, 5) is 24.1. The molecule has 1 aliphatic rings. The molecular weight excluding hydrogens is 436 g/mol. The molecule has 0 atom stereocenters. The summed E-state index contributed by atoms with van der Waals surface area (Å²) >= 11 is 0. The van der Waals surface area contributed by atoms with Gasteiger partial charge in [0, 0.05) is 37.8 Å². The zero-order valence-corrected chi connectivity index (χ0v) is 21.6. The summed E-state index contributed by atoms with van der Waals surface area (Å²) in [7, 11) is 4.02. The van der Waals surface area contributed by atoms with Crippen molar-refractivity contribution < 1.29 is 4.79 Å². The zero-order valence-electron chi connectivity index (χ0n) is 21.6. The molecule has 2 amide bonds. The molecule has 0 aliphatic heterocycles. The highest BCUT2D eigenvalue weighted by Crippen LogP contribution is 2.30. The number of aromatic nitrogens is 2. The molecule has 7 nitrogen and oxygen atoms in total. The molecule has 0 radical (unpaired) electrons. The lowest BCUT2D eigenvalue weighted by Gasteiger charge is -2.29. The Morgan fingerprint density at radius 2 is 1.66 bits per heavy atom. The average Bonchev–Trinajstić information content (AvgIpc) is 2.82. The van der Waals surface area contributed by atoms with Crippen LogP contribution in [-0.2, 0) is 5.41 Å². The summed E-state index contributed by atoms with van der Waals surface area (Å²) in [5.41, 5.74) is 2.93. The number of benzene rings is 2. The second-order valence-corrected chi connectivity index (χ2v) is 10.8. The molecule has 2 aromatic carbocycles. The van der Waals surface area contributed by atoms with Gasteiger partial charge in [0.2, 0.25) is 5.95 Å². The second-order valence-electron chi connectivity index (χ2n) is 10.8. The van der Waals surface area contributed by atoms with Gasteiger partial charge in [-0.15, -0.1) is 0 Å². The van der Waals surface area contributed by atoms with Gasteiger partial charge in [0.05, 0.1) is 5.52 Å². The zero-order chi connectivity index (χ0) is 25.0. The van der Waals surface area contributed by atoms with Crippen LogP contribution in [0.4, 0.5) is 22.2 Å². The molecule has 1 aromatic heterocycles. The molecule has 0 bridgehead atoms. The molecule has 7 heteroatoms. The Morgan fingerprint density at radius 3 is 2.37 bits per heavy atom. The first-order valence-electron chi connectivity index (χ1n) is 12.6. The number of urea groups is 1. The van der Waals surface area contributed by atoms with Crippen molar-refractivity contribution in [2.75, 3.05) is 36.2 Å². The average molecular weight is 475 g/mol. The summed E-state index contributed by atoms with van der Waals surface area (Å²) in [5, 5.41) is 10.7. The van der Waals surface area contributed by atoms with E-state index in [1.165, 1.54) is 0 Å². The fourth-order valence-corrected chi connectivity index (χ4v) is 4.81. The normalized spacial score (nSPS) is 18.2. The summed E-state index contributed by atoms with van der Waals surface area (Å²) < 4.78 is 0. The first-order chi connectivity index (χ1) is 16.7. The van der Waals surface area contributed by atoms with Crippen LogP contribution in [0.3, 0.4) is 0 Å². The number of hydrogen-bond donors (Lipinski definition) is 3. The maximum atomic E-state index is 12.6. The molecule has 35 heavy (non-hydrogen) atoms. The van der Waals surface area contributed by atoms with E-state index < -0.39 is 0 Å². The Bertz CT molecular complexity index is 1160. The van der Waals surface area contributed by atoms with E-state index in [4.69, 9.17) is 9.97 Å². The summed E-state index contributed by atoms with van der Waals surface area (Å²) in [6.07, 6.45) is 4.19. The van der Waals surface area contributed by atoms with Gasteiger partial charge in [0.25, 0.3) is 0 Å². The third kappa shape index (κ3) is 6.21. The van der Waals surface area contributed by atoms with Crippen molar-refractivity contribution in [1.82, 2.24) is 15.3 Å². The molecule has 4 rings (SSSR count). The monoisotopic (exact) mass is 474 g/mol. The molecule has 0 unspecified atom stereocenters. The topological polar surface area (TPSA) is 82.2 Å². The Hall–Kier alpha value is -3.35. The quantitative estimate of drug-likeness (QED) is 0.421. The fourth-order valence-electron chi connectivity index (χ4n) is 4.81. The van der Waals surface area contributed by atoms with Crippen molar-refractivity contribution in [2.24, 2.45) is 5.92 Å². The highest BCUT2D eigenvalue weighted by molar-refractivity contribution is 5.91. The van der Waals surface area contributed by atoms with Crippen molar-refractivity contribution >= 4 is 34.4 Å². The van der Waals surface area contributed by atoms with E-state index in [0.29, 0.717) is 24.5 Å². The van der Waals surface area contributed by atoms with Crippen molar-refractivity contribution in [3.63, 3.8) is 0 Å². The van der Waals surface area contributed by atoms with Crippen LogP contribution in [0.25, 0.3) is 10.9 Å². The van der Waals surface area contributed by atoms with Gasteiger partial charge in [-0.1, -0.05) is 51.1 Å². The minimum absolute atomic E-state index is 0.0304. The minimum Gasteiger partial charge on any atom is -0.362 e. The molecule has 1 heterocycles. The Kier molecular flexibility index (Phi) is 7.43. The van der Waals surface area contributed by atoms with Gasteiger partial charge in [-0.25, -0.2) is 9.78 Å². The molecule has 1 saturated carbocycles. The van der Waals surface area contributed by atoms with E-state index in [1.807, 2.05) is 55.4 Å². The van der Waals surface area contributed by atoms with Gasteiger partial charge in [-0.05, 0) is 60.8 Å². The summed E-state index contributed by atoms with van der Waals surface area (Å²) in [6.45, 7) is 7.15. The van der Waals surface area contributed by atoms with Gasteiger partial charge in [-0.2, -0.15) is 4.98 Å². The summed E-state index contributed by atoms with van der Waals surface area (Å²) in [5.74, 6) is 2.09. The number of nitrogens with zero attached hydrogens (tertiary/aromatic N) is 3. The van der Waals surface area contributed by atoms with E-state index in [-0.39, 0.29) is 11.4 Å². The number of amides is 2. The van der Waals surface area contributed by atoms with Crippen LogP contribution in [0.2, 0.25) is 0 Å². The lowest BCUT2D eigenvalue weighted by molar-refractivity contribution is 0.246. The number of anilines is 3. The first kappa shape index (κ1) is 24.8. The van der Waals surface area contributed by atoms with Gasteiger partial charge in [-0.3, -0.25) is 0 Å². The van der Waals surface area contributed by atoms with Crippen LogP contribution in [0.15, 0.2) is 48.5 Å². The van der Waals surface area contributed by atoms with Gasteiger partial charge >= 0.3 is 6.03 Å². The van der Waals surface area contributed by atoms with Gasteiger partial charge in [0.1, 0.15) is 5.82 Å². The predicted molar refractivity (Wildman–Crippen MR) is 145 cm³/mol. The molecule has 186 valence electrons. The smallest absolute Gasteiger partial charge is 0.319 e. The van der Waals surface area contributed by atoms with Crippen molar-refractivity contribution in [3.8, 4) is 0 Å². The van der Waals surface area contributed by atoms with Crippen LogP contribution in [0, 0.1) is 5.92 Å². The summed E-state index contributed by atoms with van der Waals surface area (Å²) in [6, 6.07) is 16.3. The first-order valence-corrected chi connectivity index (χ1v) is 12.6. The Morgan fingerprint density at radius 1 is 0.971 bits per heavy atom. The molecule has 0 saturated heterocycles.